The van der Waals surface area contributed by atoms with Gasteiger partial charge in [-0.25, -0.2) is 0 Å². The molecule has 0 aromatic heterocycles. The molecule has 2 fully saturated rings. The van der Waals surface area contributed by atoms with Crippen LogP contribution in [0.3, 0.4) is 0 Å². The molecule has 2 atom stereocenters. The van der Waals surface area contributed by atoms with Crippen LogP contribution in [0.1, 0.15) is 30.7 Å². The normalized spacial score (nSPS) is 26.4. The van der Waals surface area contributed by atoms with Gasteiger partial charge in [-0.1, -0.05) is 30.3 Å². The zero-order chi connectivity index (χ0) is 14.2. The van der Waals surface area contributed by atoms with Crippen molar-refractivity contribution in [1.29, 1.82) is 0 Å². The Morgan fingerprint density at radius 2 is 1.95 bits per heavy atom. The molecular formula is C16H23N3O. The van der Waals surface area contributed by atoms with Crippen LogP contribution in [0.2, 0.25) is 0 Å². The summed E-state index contributed by atoms with van der Waals surface area (Å²) in [6.45, 7) is 2.58. The number of benzene rings is 1. The lowest BCUT2D eigenvalue weighted by molar-refractivity contribution is -0.124. The first-order chi connectivity index (χ1) is 9.59. The first-order valence-corrected chi connectivity index (χ1v) is 7.45. The van der Waals surface area contributed by atoms with Gasteiger partial charge in [0.2, 0.25) is 5.91 Å². The Kier molecular flexibility index (Phi) is 3.52. The second-order valence-electron chi connectivity index (χ2n) is 6.31. The minimum absolute atomic E-state index is 0.288. The number of carbonyl (C=O) groups is 1. The topological polar surface area (TPSA) is 72.3 Å². The van der Waals surface area contributed by atoms with Crippen LogP contribution in [-0.4, -0.2) is 36.0 Å². The number of rotatable bonds is 5. The van der Waals surface area contributed by atoms with Crippen LogP contribution in [0, 0.1) is 5.92 Å². The summed E-state index contributed by atoms with van der Waals surface area (Å²) in [5.74, 6) is 0.492. The van der Waals surface area contributed by atoms with E-state index >= 15 is 0 Å². The lowest BCUT2D eigenvalue weighted by Gasteiger charge is -2.31. The van der Waals surface area contributed by atoms with E-state index in [2.05, 4.69) is 29.2 Å². The van der Waals surface area contributed by atoms with Crippen molar-refractivity contribution in [2.45, 2.75) is 30.7 Å². The molecule has 1 aliphatic heterocycles. The Morgan fingerprint density at radius 3 is 2.55 bits per heavy atom. The third kappa shape index (κ3) is 2.58. The molecule has 3 rings (SSSR count). The van der Waals surface area contributed by atoms with Crippen molar-refractivity contribution in [2.24, 2.45) is 17.4 Å². The fourth-order valence-corrected chi connectivity index (χ4v) is 3.35. The number of nitrogens with zero attached hydrogens (tertiary/aromatic N) is 1. The second-order valence-corrected chi connectivity index (χ2v) is 6.31. The van der Waals surface area contributed by atoms with Gasteiger partial charge in [0.05, 0.1) is 0 Å². The van der Waals surface area contributed by atoms with Crippen LogP contribution >= 0.6 is 0 Å². The largest absolute Gasteiger partial charge is 0.368 e. The number of likely N-dealkylation sites (tertiary alicyclic amines) is 1. The van der Waals surface area contributed by atoms with Crippen LogP contribution in [-0.2, 0) is 4.79 Å². The highest BCUT2D eigenvalue weighted by Crippen LogP contribution is 2.39. The summed E-state index contributed by atoms with van der Waals surface area (Å²) in [7, 11) is 0. The number of hydrogen-bond donors (Lipinski definition) is 2. The smallest absolute Gasteiger partial charge is 0.239 e. The molecule has 2 aliphatic rings. The van der Waals surface area contributed by atoms with E-state index in [4.69, 9.17) is 11.5 Å². The van der Waals surface area contributed by atoms with Gasteiger partial charge in [-0.15, -0.1) is 0 Å². The SMILES string of the molecule is NC(=O)C(N)(CN1CCC(c2ccccc2)C1)C1CC1. The van der Waals surface area contributed by atoms with Crippen LogP contribution in [0.5, 0.6) is 0 Å². The van der Waals surface area contributed by atoms with E-state index in [1.54, 1.807) is 0 Å². The molecule has 108 valence electrons. The van der Waals surface area contributed by atoms with E-state index in [1.165, 1.54) is 5.56 Å². The Bertz CT molecular complexity index is 486. The predicted molar refractivity (Wildman–Crippen MR) is 79.1 cm³/mol. The van der Waals surface area contributed by atoms with Gasteiger partial charge >= 0.3 is 0 Å². The fraction of sp³-hybridized carbons (Fsp3) is 0.562. The molecule has 0 bridgehead atoms. The molecule has 0 spiro atoms. The van der Waals surface area contributed by atoms with E-state index in [0.717, 1.165) is 32.4 Å². The monoisotopic (exact) mass is 273 g/mol. The molecule has 1 aliphatic carbocycles. The molecule has 4 heteroatoms. The zero-order valence-electron chi connectivity index (χ0n) is 11.8. The van der Waals surface area contributed by atoms with Crippen molar-refractivity contribution in [3.05, 3.63) is 35.9 Å². The molecule has 1 saturated heterocycles. The Labute approximate surface area is 120 Å². The predicted octanol–water partition coefficient (Wildman–Crippen LogP) is 1.07. The molecule has 1 heterocycles. The van der Waals surface area contributed by atoms with Crippen LogP contribution < -0.4 is 11.5 Å². The first-order valence-electron chi connectivity index (χ1n) is 7.45. The number of carbonyl (C=O) groups excluding carboxylic acids is 1. The Hall–Kier alpha value is -1.39. The van der Waals surface area contributed by atoms with E-state index in [1.807, 2.05) is 6.07 Å². The molecule has 1 saturated carbocycles. The summed E-state index contributed by atoms with van der Waals surface area (Å²) in [5.41, 5.74) is 12.4. The maximum Gasteiger partial charge on any atom is 0.239 e. The minimum atomic E-state index is -0.828. The van der Waals surface area contributed by atoms with E-state index < -0.39 is 5.54 Å². The van der Waals surface area contributed by atoms with E-state index in [-0.39, 0.29) is 11.8 Å². The van der Waals surface area contributed by atoms with Crippen LogP contribution in [0.25, 0.3) is 0 Å². The third-order valence-corrected chi connectivity index (χ3v) is 4.79. The molecule has 0 radical (unpaired) electrons. The van der Waals surface area contributed by atoms with Gasteiger partial charge in [-0.3, -0.25) is 4.79 Å². The summed E-state index contributed by atoms with van der Waals surface area (Å²) in [5, 5.41) is 0. The van der Waals surface area contributed by atoms with Gasteiger partial charge in [0.25, 0.3) is 0 Å². The number of hydrogen-bond acceptors (Lipinski definition) is 3. The van der Waals surface area contributed by atoms with Gasteiger partial charge in [-0.05, 0) is 43.2 Å². The first kappa shape index (κ1) is 13.6. The van der Waals surface area contributed by atoms with Crippen molar-refractivity contribution in [1.82, 2.24) is 4.90 Å². The minimum Gasteiger partial charge on any atom is -0.368 e. The summed E-state index contributed by atoms with van der Waals surface area (Å²) >= 11 is 0. The summed E-state index contributed by atoms with van der Waals surface area (Å²) < 4.78 is 0. The summed E-state index contributed by atoms with van der Waals surface area (Å²) in [6, 6.07) is 10.6. The summed E-state index contributed by atoms with van der Waals surface area (Å²) in [6.07, 6.45) is 3.20. The molecule has 4 nitrogen and oxygen atoms in total. The van der Waals surface area contributed by atoms with E-state index in [9.17, 15) is 4.79 Å². The molecule has 4 N–H and O–H groups in total. The van der Waals surface area contributed by atoms with E-state index in [0.29, 0.717) is 12.5 Å². The number of nitrogens with two attached hydrogens (primary N) is 2. The molecule has 1 amide bonds. The average molecular weight is 273 g/mol. The second kappa shape index (κ2) is 5.19. The van der Waals surface area contributed by atoms with Crippen molar-refractivity contribution in [3.63, 3.8) is 0 Å². The van der Waals surface area contributed by atoms with Crippen molar-refractivity contribution < 1.29 is 4.79 Å². The van der Waals surface area contributed by atoms with Crippen molar-refractivity contribution >= 4 is 5.91 Å². The Morgan fingerprint density at radius 1 is 1.25 bits per heavy atom. The van der Waals surface area contributed by atoms with Gasteiger partial charge in [0.1, 0.15) is 5.54 Å². The van der Waals surface area contributed by atoms with Crippen molar-refractivity contribution in [3.8, 4) is 0 Å². The maximum atomic E-state index is 11.7. The van der Waals surface area contributed by atoms with Gasteiger partial charge < -0.3 is 16.4 Å². The van der Waals surface area contributed by atoms with Crippen LogP contribution in [0.4, 0.5) is 0 Å². The highest BCUT2D eigenvalue weighted by Gasteiger charge is 2.48. The Balaban J connectivity index is 1.64. The number of primary amides is 1. The fourth-order valence-electron chi connectivity index (χ4n) is 3.35. The summed E-state index contributed by atoms with van der Waals surface area (Å²) in [4.78, 5) is 14.0. The number of amides is 1. The average Bonchev–Trinajstić information content (AvgIpc) is 3.21. The standard InChI is InChI=1S/C16H23N3O/c17-15(20)16(18,14-6-7-14)11-19-9-8-13(10-19)12-4-2-1-3-5-12/h1-5,13-14H,6-11,18H2,(H2,17,20). The zero-order valence-corrected chi connectivity index (χ0v) is 11.8. The van der Waals surface area contributed by atoms with Gasteiger partial charge in [0.15, 0.2) is 0 Å². The van der Waals surface area contributed by atoms with Gasteiger partial charge in [-0.2, -0.15) is 0 Å². The molecule has 1 aromatic carbocycles. The van der Waals surface area contributed by atoms with Crippen molar-refractivity contribution in [2.75, 3.05) is 19.6 Å². The highest BCUT2D eigenvalue weighted by atomic mass is 16.1. The molecule has 2 unspecified atom stereocenters. The molecular weight excluding hydrogens is 250 g/mol. The lowest BCUT2D eigenvalue weighted by atomic mass is 9.93. The quantitative estimate of drug-likeness (QED) is 0.843. The van der Waals surface area contributed by atoms with Gasteiger partial charge in [0, 0.05) is 13.1 Å². The third-order valence-electron chi connectivity index (χ3n) is 4.79. The highest BCUT2D eigenvalue weighted by molar-refractivity contribution is 5.85. The molecule has 1 aromatic rings. The lowest BCUT2D eigenvalue weighted by Crippen LogP contribution is -2.60. The van der Waals surface area contributed by atoms with Crippen LogP contribution in [0.15, 0.2) is 30.3 Å². The molecule has 20 heavy (non-hydrogen) atoms. The maximum absolute atomic E-state index is 11.7.